The molecule has 0 bridgehead atoms. The lowest BCUT2D eigenvalue weighted by Gasteiger charge is -2.19. The molecular formula is C21H32N2O4. The van der Waals surface area contributed by atoms with Gasteiger partial charge >= 0.3 is 0 Å². The zero-order valence-electron chi connectivity index (χ0n) is 15.6. The van der Waals surface area contributed by atoms with Gasteiger partial charge < -0.3 is 20.5 Å². The maximum atomic E-state index is 12.5. The van der Waals surface area contributed by atoms with Crippen LogP contribution in [0, 0.1) is 5.92 Å². The molecule has 0 unspecified atom stereocenters. The van der Waals surface area contributed by atoms with E-state index in [1.54, 1.807) is 0 Å². The molecule has 5 rings (SSSR count). The molecule has 2 heterocycles. The minimum absolute atomic E-state index is 0. The lowest BCUT2D eigenvalue weighted by molar-refractivity contribution is -0.119. The summed E-state index contributed by atoms with van der Waals surface area (Å²) in [4.78, 5) is 22.4. The summed E-state index contributed by atoms with van der Waals surface area (Å²) in [5, 5.41) is 3.08. The summed E-state index contributed by atoms with van der Waals surface area (Å²) in [6.07, 6.45) is 7.91. The van der Waals surface area contributed by atoms with E-state index in [0.29, 0.717) is 6.61 Å². The number of amides is 2. The molecule has 27 heavy (non-hydrogen) atoms. The van der Waals surface area contributed by atoms with Crippen LogP contribution < -0.4 is 11.1 Å². The number of aryl methyl sites for hydroxylation is 2. The SMILES string of the molecule is NC(=O)C1CC1.O=C(N[C@H]1CO[C@@H]2CCO[C@H]12)c1ccc2c(c1)CCCC2.[HH].[HH]. The summed E-state index contributed by atoms with van der Waals surface area (Å²) in [6, 6.07) is 6.11. The number of benzene rings is 1. The zero-order chi connectivity index (χ0) is 18.8. The number of primary amides is 1. The highest BCUT2D eigenvalue weighted by molar-refractivity contribution is 5.94. The van der Waals surface area contributed by atoms with Gasteiger partial charge in [-0.15, -0.1) is 0 Å². The topological polar surface area (TPSA) is 90.7 Å². The van der Waals surface area contributed by atoms with Crippen molar-refractivity contribution in [3.8, 4) is 0 Å². The Morgan fingerprint density at radius 3 is 2.56 bits per heavy atom. The van der Waals surface area contributed by atoms with Crippen LogP contribution in [0.2, 0.25) is 0 Å². The van der Waals surface area contributed by atoms with Gasteiger partial charge in [0.25, 0.3) is 5.91 Å². The molecule has 1 saturated carbocycles. The molecule has 1 aromatic carbocycles. The first-order chi connectivity index (χ1) is 13.1. The van der Waals surface area contributed by atoms with Gasteiger partial charge in [0.1, 0.15) is 6.10 Å². The van der Waals surface area contributed by atoms with Gasteiger partial charge in [-0.3, -0.25) is 9.59 Å². The predicted octanol–water partition coefficient (Wildman–Crippen LogP) is 2.23. The number of nitrogens with one attached hydrogen (secondary N) is 1. The van der Waals surface area contributed by atoms with Crippen molar-refractivity contribution in [1.82, 2.24) is 5.32 Å². The quantitative estimate of drug-likeness (QED) is 0.846. The summed E-state index contributed by atoms with van der Waals surface area (Å²) in [5.41, 5.74) is 8.36. The fraction of sp³-hybridized carbons (Fsp3) is 0.619. The number of fused-ring (bicyclic) bond motifs is 2. The number of ether oxygens (including phenoxy) is 2. The van der Waals surface area contributed by atoms with Crippen molar-refractivity contribution in [2.75, 3.05) is 13.2 Å². The number of hydrogen-bond acceptors (Lipinski definition) is 4. The van der Waals surface area contributed by atoms with Crippen LogP contribution in [0.3, 0.4) is 0 Å². The molecule has 2 aliphatic carbocycles. The van der Waals surface area contributed by atoms with Crippen molar-refractivity contribution in [3.05, 3.63) is 34.9 Å². The van der Waals surface area contributed by atoms with Crippen LogP contribution in [0.1, 0.15) is 56.4 Å². The second-order valence-corrected chi connectivity index (χ2v) is 7.94. The highest BCUT2D eigenvalue weighted by Crippen LogP contribution is 2.28. The average molecular weight is 376 g/mol. The first-order valence-corrected chi connectivity index (χ1v) is 10.1. The molecule has 2 saturated heterocycles. The predicted molar refractivity (Wildman–Crippen MR) is 105 cm³/mol. The third-order valence-corrected chi connectivity index (χ3v) is 5.87. The van der Waals surface area contributed by atoms with Crippen molar-refractivity contribution < 1.29 is 21.9 Å². The first-order valence-electron chi connectivity index (χ1n) is 10.1. The normalized spacial score (nSPS) is 28.5. The van der Waals surface area contributed by atoms with Crippen LogP contribution in [0.5, 0.6) is 0 Å². The van der Waals surface area contributed by atoms with Crippen molar-refractivity contribution in [2.24, 2.45) is 11.7 Å². The molecule has 150 valence electrons. The molecule has 4 aliphatic rings. The smallest absolute Gasteiger partial charge is 0.251 e. The number of nitrogens with two attached hydrogens (primary N) is 1. The fourth-order valence-electron chi connectivity index (χ4n) is 4.09. The molecule has 6 heteroatoms. The standard InChI is InChI=1S/C17H21NO3.C4H7NO.2H2/c19-17(18-14-10-21-15-7-8-20-16(14)15)13-6-5-11-3-1-2-4-12(11)9-13;5-4(6)3-1-2-3;;/h5-6,9,14-16H,1-4,7-8,10H2,(H,18,19);3H,1-2H2,(H2,5,6);2*1H/t14-,15+,16+;;;/m0.../s1. The van der Waals surface area contributed by atoms with E-state index in [9.17, 15) is 9.59 Å². The van der Waals surface area contributed by atoms with Gasteiger partial charge in [-0.05, 0) is 68.2 Å². The number of hydrogen-bond donors (Lipinski definition) is 2. The number of carbonyl (C=O) groups excluding carboxylic acids is 2. The van der Waals surface area contributed by atoms with E-state index in [1.165, 1.54) is 24.0 Å². The fourth-order valence-corrected chi connectivity index (χ4v) is 4.09. The van der Waals surface area contributed by atoms with Gasteiger partial charge in [0.05, 0.1) is 18.8 Å². The van der Waals surface area contributed by atoms with Crippen molar-refractivity contribution in [1.29, 1.82) is 0 Å². The maximum Gasteiger partial charge on any atom is 0.251 e. The zero-order valence-corrected chi connectivity index (χ0v) is 15.6. The monoisotopic (exact) mass is 376 g/mol. The third kappa shape index (κ3) is 4.33. The Morgan fingerprint density at radius 1 is 1.07 bits per heavy atom. The van der Waals surface area contributed by atoms with E-state index >= 15 is 0 Å². The molecule has 3 fully saturated rings. The Kier molecular flexibility index (Phi) is 5.45. The van der Waals surface area contributed by atoms with Gasteiger partial charge in [-0.1, -0.05) is 6.07 Å². The Bertz CT molecular complexity index is 727. The Balaban J connectivity index is 0.000000326. The molecule has 2 amide bonds. The minimum Gasteiger partial charge on any atom is -0.373 e. The van der Waals surface area contributed by atoms with Crippen LogP contribution >= 0.6 is 0 Å². The second kappa shape index (κ2) is 7.98. The molecular weight excluding hydrogens is 344 g/mol. The molecule has 3 N–H and O–H groups in total. The van der Waals surface area contributed by atoms with Crippen LogP contribution in [-0.2, 0) is 27.1 Å². The Hall–Kier alpha value is -1.92. The molecule has 6 nitrogen and oxygen atoms in total. The van der Waals surface area contributed by atoms with Gasteiger partial charge in [-0.2, -0.15) is 0 Å². The minimum atomic E-state index is -0.130. The summed E-state index contributed by atoms with van der Waals surface area (Å²) >= 11 is 0. The van der Waals surface area contributed by atoms with E-state index in [4.69, 9.17) is 15.2 Å². The third-order valence-electron chi connectivity index (χ3n) is 5.87. The van der Waals surface area contributed by atoms with Crippen molar-refractivity contribution in [2.45, 2.75) is 63.2 Å². The molecule has 3 atom stereocenters. The lowest BCUT2D eigenvalue weighted by atomic mass is 9.90. The lowest BCUT2D eigenvalue weighted by Crippen LogP contribution is -2.43. The summed E-state index contributed by atoms with van der Waals surface area (Å²) in [6.45, 7) is 1.30. The van der Waals surface area contributed by atoms with Gasteiger partial charge in [0.15, 0.2) is 0 Å². The average Bonchev–Trinajstić information content (AvgIpc) is 3.33. The van der Waals surface area contributed by atoms with E-state index in [2.05, 4.69) is 17.4 Å². The van der Waals surface area contributed by atoms with Gasteiger partial charge in [-0.25, -0.2) is 0 Å². The largest absolute Gasteiger partial charge is 0.373 e. The summed E-state index contributed by atoms with van der Waals surface area (Å²) in [5.74, 6) is 0.105. The number of rotatable bonds is 3. The van der Waals surface area contributed by atoms with E-state index in [0.717, 1.165) is 44.3 Å². The molecule has 0 radical (unpaired) electrons. The molecule has 1 aromatic rings. The van der Waals surface area contributed by atoms with Crippen LogP contribution in [0.4, 0.5) is 0 Å². The van der Waals surface area contributed by atoms with Crippen molar-refractivity contribution in [3.63, 3.8) is 0 Å². The number of carbonyl (C=O) groups is 2. The molecule has 0 spiro atoms. The van der Waals surface area contributed by atoms with Gasteiger partial charge in [0, 0.05) is 20.9 Å². The van der Waals surface area contributed by atoms with E-state index < -0.39 is 0 Å². The van der Waals surface area contributed by atoms with Crippen LogP contribution in [0.25, 0.3) is 0 Å². The van der Waals surface area contributed by atoms with Gasteiger partial charge in [0.2, 0.25) is 5.91 Å². The first kappa shape index (κ1) is 18.4. The second-order valence-electron chi connectivity index (χ2n) is 7.94. The van der Waals surface area contributed by atoms with E-state index in [1.807, 2.05) is 6.07 Å². The van der Waals surface area contributed by atoms with Crippen LogP contribution in [0.15, 0.2) is 18.2 Å². The van der Waals surface area contributed by atoms with E-state index in [-0.39, 0.29) is 38.8 Å². The highest BCUT2D eigenvalue weighted by Gasteiger charge is 2.42. The molecule has 0 aromatic heterocycles. The summed E-state index contributed by atoms with van der Waals surface area (Å²) in [7, 11) is 0. The van der Waals surface area contributed by atoms with Crippen molar-refractivity contribution >= 4 is 11.8 Å². The Morgan fingerprint density at radius 2 is 1.85 bits per heavy atom. The highest BCUT2D eigenvalue weighted by atomic mass is 16.6. The van der Waals surface area contributed by atoms with Crippen LogP contribution in [-0.4, -0.2) is 43.3 Å². The molecule has 2 aliphatic heterocycles. The maximum absolute atomic E-state index is 12.5. The summed E-state index contributed by atoms with van der Waals surface area (Å²) < 4.78 is 11.4. The Labute approximate surface area is 162 Å².